The quantitative estimate of drug-likeness (QED) is 0.0877. The maximum atomic E-state index is 7.19. The second kappa shape index (κ2) is 36.3. The summed E-state index contributed by atoms with van der Waals surface area (Å²) in [5.74, 6) is 0. The molecule has 12 N–H and O–H groups in total. The standard InChI is InChI=1S/C36H46N4.C12H14N4.4C6H11N/c1-5-13-29(14-6-1)37-33-23-21-27(25-35(33)39-31-17-9-3-10-18-31)28-22-24-34(38-30-15-7-2-8-16-30)36(26-28)40-32-19-11-4-12-20-32;13-9-3-1-7(5-11(9)15)8-2-4-10(14)12(16)6-8;4*7-6-4-2-1-3-5-6/h21-26H,1-20H2;1-6H,13-16H2;4*7H,1-5H2. The Morgan fingerprint density at radius 1 is 0.214 bits per heavy atom. The molecule has 452 valence electrons. The number of hydrogen-bond acceptors (Lipinski definition) is 12. The molecule has 0 aromatic heterocycles. The van der Waals surface area contributed by atoms with Gasteiger partial charge in [-0.25, -0.2) is 0 Å². The Kier molecular flexibility index (Phi) is 28.1. The number of hydrogen-bond donors (Lipinski definition) is 8. The number of nitrogens with zero attached hydrogens (tertiary/aromatic N) is 4. The minimum Gasteiger partial charge on any atom is -0.397 e. The van der Waals surface area contributed by atoms with E-state index in [1.165, 1.54) is 188 Å². The molecule has 8 aliphatic carbocycles. The average molecular weight is 1140 g/mol. The lowest BCUT2D eigenvalue weighted by atomic mass is 9.97. The van der Waals surface area contributed by atoms with Gasteiger partial charge in [-0.15, -0.1) is 0 Å². The second-order valence-corrected chi connectivity index (χ2v) is 24.7. The highest BCUT2D eigenvalue weighted by Gasteiger charge is 2.16. The zero-order valence-electron chi connectivity index (χ0n) is 51.3. The number of nitrogens with one attached hydrogen (secondary N) is 4. The highest BCUT2D eigenvalue weighted by Crippen LogP contribution is 2.40. The lowest BCUT2D eigenvalue weighted by Crippen LogP contribution is -2.05. The number of benzene rings is 4. The Morgan fingerprint density at radius 3 is 0.631 bits per heavy atom. The number of aliphatic imine (C=N–C) groups is 4. The summed E-state index contributed by atoms with van der Waals surface area (Å²) in [5.41, 5.74) is 42.8. The van der Waals surface area contributed by atoms with E-state index in [-0.39, 0.29) is 0 Å². The third-order valence-electron chi connectivity index (χ3n) is 17.5. The van der Waals surface area contributed by atoms with Crippen LogP contribution >= 0.6 is 0 Å². The molecule has 4 aromatic carbocycles. The minimum atomic E-state index is 0.563. The van der Waals surface area contributed by atoms with Gasteiger partial charge in [-0.05, 0) is 276 Å². The molecule has 12 heteroatoms. The molecule has 8 aliphatic rings. The van der Waals surface area contributed by atoms with Crippen molar-refractivity contribution in [2.24, 2.45) is 20.0 Å². The minimum absolute atomic E-state index is 0.563. The summed E-state index contributed by atoms with van der Waals surface area (Å²) >= 11 is 0. The Labute approximate surface area is 505 Å². The zero-order valence-corrected chi connectivity index (χ0v) is 51.3. The topological polar surface area (TPSA) is 249 Å². The largest absolute Gasteiger partial charge is 0.397 e. The molecule has 0 bridgehead atoms. The molecule has 4 aromatic rings. The van der Waals surface area contributed by atoms with Crippen molar-refractivity contribution in [3.63, 3.8) is 0 Å². The Balaban J connectivity index is 0.000000184. The molecule has 0 atom stereocenters. The van der Waals surface area contributed by atoms with Crippen LogP contribution in [0.25, 0.3) is 22.3 Å². The summed E-state index contributed by atoms with van der Waals surface area (Å²) in [6.45, 7) is 0. The molecular formula is C72H104N12. The smallest absolute Gasteiger partial charge is 0.0891 e. The Hall–Kier alpha value is -6.56. The van der Waals surface area contributed by atoms with Crippen molar-refractivity contribution in [3.05, 3.63) is 72.8 Å². The summed E-state index contributed by atoms with van der Waals surface area (Å²) in [6.07, 6.45) is 48.5. The van der Waals surface area contributed by atoms with Crippen LogP contribution in [0.3, 0.4) is 0 Å². The lowest BCUT2D eigenvalue weighted by molar-refractivity contribution is 0.663. The van der Waals surface area contributed by atoms with Crippen molar-refractivity contribution in [2.45, 2.75) is 257 Å². The van der Waals surface area contributed by atoms with E-state index in [1.807, 2.05) is 24.3 Å². The molecule has 12 rings (SSSR count). The molecule has 0 aliphatic heterocycles. The van der Waals surface area contributed by atoms with Gasteiger partial charge in [0.05, 0.1) is 45.5 Å². The van der Waals surface area contributed by atoms with E-state index >= 15 is 0 Å². The normalized spacial score (nSPS) is 19.1. The van der Waals surface area contributed by atoms with Gasteiger partial charge in [0, 0.05) is 45.7 Å². The molecule has 0 saturated heterocycles. The molecule has 0 amide bonds. The van der Waals surface area contributed by atoms with Gasteiger partial charge >= 0.3 is 0 Å². The van der Waals surface area contributed by atoms with Crippen molar-refractivity contribution >= 4 is 91.2 Å². The molecule has 0 unspecified atom stereocenters. The van der Waals surface area contributed by atoms with E-state index in [9.17, 15) is 0 Å². The first-order valence-corrected chi connectivity index (χ1v) is 33.1. The van der Waals surface area contributed by atoms with Gasteiger partial charge in [0.25, 0.3) is 0 Å². The van der Waals surface area contributed by atoms with Crippen molar-refractivity contribution < 1.29 is 0 Å². The van der Waals surface area contributed by atoms with Gasteiger partial charge in [-0.2, -0.15) is 0 Å². The third kappa shape index (κ3) is 23.5. The first-order valence-electron chi connectivity index (χ1n) is 33.1. The monoisotopic (exact) mass is 1140 g/mol. The molecule has 8 saturated carbocycles. The highest BCUT2D eigenvalue weighted by atomic mass is 14.9. The van der Waals surface area contributed by atoms with Crippen molar-refractivity contribution in [1.29, 1.82) is 21.6 Å². The number of anilines is 4. The molecule has 0 spiro atoms. The van der Waals surface area contributed by atoms with Crippen LogP contribution in [0.15, 0.2) is 92.8 Å². The summed E-state index contributed by atoms with van der Waals surface area (Å²) in [6, 6.07) is 24.5. The van der Waals surface area contributed by atoms with Gasteiger partial charge in [0.2, 0.25) is 0 Å². The van der Waals surface area contributed by atoms with E-state index in [4.69, 9.17) is 64.5 Å². The summed E-state index contributed by atoms with van der Waals surface area (Å²) in [5, 5.41) is 28.8. The van der Waals surface area contributed by atoms with Gasteiger partial charge < -0.3 is 44.6 Å². The maximum absolute atomic E-state index is 7.19. The van der Waals surface area contributed by atoms with E-state index in [0.29, 0.717) is 22.7 Å². The molecule has 84 heavy (non-hydrogen) atoms. The third-order valence-corrected chi connectivity index (χ3v) is 17.5. The Bertz CT molecular complexity index is 2600. The van der Waals surface area contributed by atoms with Crippen LogP contribution in [0.5, 0.6) is 0 Å². The van der Waals surface area contributed by atoms with Crippen LogP contribution < -0.4 is 22.9 Å². The van der Waals surface area contributed by atoms with E-state index < -0.39 is 0 Å². The first-order chi connectivity index (χ1) is 40.9. The van der Waals surface area contributed by atoms with Crippen LogP contribution in [0.2, 0.25) is 0 Å². The number of nitrogens with two attached hydrogens (primary N) is 4. The SMILES string of the molecule is N=C1CCCCC1.N=C1CCCCC1.N=C1CCCCC1.N=C1CCCCC1.Nc1ccc(-c2ccc(N)c(N)c2)cc1N.c1cc(N=C2CCCCC2)c(N=C2CCCCC2)cc1-c1ccc(N=C2CCCCC2)c(N=C2CCCCC2)c1. The molecule has 8 fully saturated rings. The van der Waals surface area contributed by atoms with Crippen molar-refractivity contribution in [2.75, 3.05) is 22.9 Å². The summed E-state index contributed by atoms with van der Waals surface area (Å²) in [7, 11) is 0. The van der Waals surface area contributed by atoms with Crippen LogP contribution in [0, 0.1) is 21.6 Å². The lowest BCUT2D eigenvalue weighted by Gasteiger charge is -2.17. The number of nitrogen functional groups attached to an aromatic ring is 4. The predicted octanol–water partition coefficient (Wildman–Crippen LogP) is 21.1. The maximum Gasteiger partial charge on any atom is 0.0891 e. The van der Waals surface area contributed by atoms with Gasteiger partial charge in [-0.3, -0.25) is 20.0 Å². The predicted molar refractivity (Wildman–Crippen MR) is 365 cm³/mol. The fourth-order valence-corrected chi connectivity index (χ4v) is 12.2. The van der Waals surface area contributed by atoms with Crippen LogP contribution in [-0.2, 0) is 0 Å². The van der Waals surface area contributed by atoms with Gasteiger partial charge in [-0.1, -0.05) is 75.6 Å². The first kappa shape index (κ1) is 65.0. The summed E-state index contributed by atoms with van der Waals surface area (Å²) < 4.78 is 0. The highest BCUT2D eigenvalue weighted by molar-refractivity contribution is 5.95. The van der Waals surface area contributed by atoms with Crippen LogP contribution in [0.4, 0.5) is 45.5 Å². The van der Waals surface area contributed by atoms with E-state index in [1.54, 1.807) is 12.1 Å². The molecule has 0 radical (unpaired) electrons. The molecule has 12 nitrogen and oxygen atoms in total. The van der Waals surface area contributed by atoms with Gasteiger partial charge in [0.1, 0.15) is 0 Å². The zero-order chi connectivity index (χ0) is 59.1. The summed E-state index contributed by atoms with van der Waals surface area (Å²) in [4.78, 5) is 20.8. The second-order valence-electron chi connectivity index (χ2n) is 24.7. The van der Waals surface area contributed by atoms with Crippen molar-refractivity contribution in [1.82, 2.24) is 0 Å². The van der Waals surface area contributed by atoms with E-state index in [2.05, 4.69) is 36.4 Å². The molecule has 0 heterocycles. The van der Waals surface area contributed by atoms with Crippen molar-refractivity contribution in [3.8, 4) is 22.3 Å². The fourth-order valence-electron chi connectivity index (χ4n) is 12.2. The average Bonchev–Trinajstić information content (AvgIpc) is 3.64. The fraction of sp³-hybridized carbons (Fsp3) is 0.556. The van der Waals surface area contributed by atoms with Crippen LogP contribution in [-0.4, -0.2) is 45.7 Å². The number of rotatable bonds is 6. The van der Waals surface area contributed by atoms with Gasteiger partial charge in [0.15, 0.2) is 0 Å². The van der Waals surface area contributed by atoms with Crippen LogP contribution in [0.1, 0.15) is 257 Å². The molecular weight excluding hydrogens is 1030 g/mol. The Morgan fingerprint density at radius 2 is 0.417 bits per heavy atom. The van der Waals surface area contributed by atoms with E-state index in [0.717, 1.165) is 159 Å².